The highest BCUT2D eigenvalue weighted by atomic mass is 32.1. The van der Waals surface area contributed by atoms with Gasteiger partial charge in [-0.2, -0.15) is 0 Å². The molecule has 0 bridgehead atoms. The summed E-state index contributed by atoms with van der Waals surface area (Å²) in [4.78, 5) is 21.5. The number of nitrogens with zero attached hydrogens (tertiary/aromatic N) is 3. The van der Waals surface area contributed by atoms with Gasteiger partial charge >= 0.3 is 0 Å². The number of piperazine rings is 1. The summed E-state index contributed by atoms with van der Waals surface area (Å²) in [5, 5.41) is 1.02. The summed E-state index contributed by atoms with van der Waals surface area (Å²) in [6.07, 6.45) is 0.474. The molecule has 0 saturated carbocycles. The van der Waals surface area contributed by atoms with Crippen molar-refractivity contribution in [2.45, 2.75) is 6.42 Å². The topological polar surface area (TPSA) is 45.7 Å². The van der Waals surface area contributed by atoms with E-state index >= 15 is 0 Å². The van der Waals surface area contributed by atoms with Crippen LogP contribution >= 0.6 is 11.3 Å². The fraction of sp³-hybridized carbons (Fsp3) is 0.300. The van der Waals surface area contributed by atoms with Crippen LogP contribution in [0.15, 0.2) is 48.5 Å². The first-order chi connectivity index (χ1) is 12.7. The molecule has 0 N–H and O–H groups in total. The lowest BCUT2D eigenvalue weighted by atomic mass is 10.1. The van der Waals surface area contributed by atoms with E-state index in [1.165, 1.54) is 0 Å². The van der Waals surface area contributed by atoms with Crippen LogP contribution in [0.25, 0.3) is 10.2 Å². The number of benzene rings is 2. The summed E-state index contributed by atoms with van der Waals surface area (Å²) in [5.41, 5.74) is 2.06. The van der Waals surface area contributed by atoms with Crippen molar-refractivity contribution in [1.82, 2.24) is 9.88 Å². The zero-order chi connectivity index (χ0) is 17.9. The summed E-state index contributed by atoms with van der Waals surface area (Å²) in [6, 6.07) is 15.9. The number of thiazole rings is 1. The van der Waals surface area contributed by atoms with Gasteiger partial charge in [-0.25, -0.2) is 4.98 Å². The van der Waals surface area contributed by atoms with Crippen LogP contribution in [-0.2, 0) is 11.2 Å². The van der Waals surface area contributed by atoms with Crippen LogP contribution in [0.2, 0.25) is 0 Å². The molecule has 2 aromatic carbocycles. The number of hydrogen-bond acceptors (Lipinski definition) is 5. The Hall–Kier alpha value is -2.60. The molecule has 0 aliphatic carbocycles. The minimum atomic E-state index is 0.199. The van der Waals surface area contributed by atoms with E-state index in [1.807, 2.05) is 53.4 Å². The van der Waals surface area contributed by atoms with Gasteiger partial charge in [-0.05, 0) is 23.8 Å². The van der Waals surface area contributed by atoms with Crippen LogP contribution in [-0.4, -0.2) is 49.1 Å². The van der Waals surface area contributed by atoms with Crippen LogP contribution in [0, 0.1) is 0 Å². The van der Waals surface area contributed by atoms with Gasteiger partial charge in [-0.3, -0.25) is 4.79 Å². The molecule has 3 aromatic rings. The Morgan fingerprint density at radius 1 is 1.12 bits per heavy atom. The Kier molecular flexibility index (Phi) is 4.75. The summed E-state index contributed by atoms with van der Waals surface area (Å²) >= 11 is 1.68. The van der Waals surface area contributed by atoms with Crippen LogP contribution in [0.3, 0.4) is 0 Å². The molecule has 0 spiro atoms. The van der Waals surface area contributed by atoms with Gasteiger partial charge in [0.15, 0.2) is 5.13 Å². The highest BCUT2D eigenvalue weighted by Gasteiger charge is 2.23. The predicted molar refractivity (Wildman–Crippen MR) is 105 cm³/mol. The second-order valence-electron chi connectivity index (χ2n) is 6.36. The lowest BCUT2D eigenvalue weighted by Crippen LogP contribution is -2.49. The fourth-order valence-corrected chi connectivity index (χ4v) is 4.23. The molecule has 1 aliphatic heterocycles. The monoisotopic (exact) mass is 367 g/mol. The molecular formula is C20H21N3O2S. The van der Waals surface area contributed by atoms with Gasteiger partial charge in [-0.15, -0.1) is 0 Å². The largest absolute Gasteiger partial charge is 0.497 e. The van der Waals surface area contributed by atoms with Gasteiger partial charge in [0.25, 0.3) is 0 Å². The molecule has 1 aromatic heterocycles. The van der Waals surface area contributed by atoms with Crippen LogP contribution in [0.5, 0.6) is 5.75 Å². The van der Waals surface area contributed by atoms with Gasteiger partial charge in [0.2, 0.25) is 5.91 Å². The standard InChI is InChI=1S/C20H21N3O2S/c1-25-16-7-8-17-18(14-16)26-20(21-17)23-11-9-22(10-12-23)19(24)13-15-5-3-2-4-6-15/h2-8,14H,9-13H2,1H3. The second-order valence-corrected chi connectivity index (χ2v) is 7.37. The van der Waals surface area contributed by atoms with Crippen molar-refractivity contribution >= 4 is 32.6 Å². The van der Waals surface area contributed by atoms with Gasteiger partial charge in [0.1, 0.15) is 5.75 Å². The molecule has 26 heavy (non-hydrogen) atoms. The van der Waals surface area contributed by atoms with E-state index in [1.54, 1.807) is 18.4 Å². The minimum Gasteiger partial charge on any atom is -0.497 e. The quantitative estimate of drug-likeness (QED) is 0.710. The maximum atomic E-state index is 12.5. The number of carbonyl (C=O) groups excluding carboxylic acids is 1. The number of methoxy groups -OCH3 is 1. The summed E-state index contributed by atoms with van der Waals surface area (Å²) in [5.74, 6) is 1.05. The Bertz CT molecular complexity index is 902. The lowest BCUT2D eigenvalue weighted by Gasteiger charge is -2.34. The van der Waals surface area contributed by atoms with E-state index in [2.05, 4.69) is 4.90 Å². The van der Waals surface area contributed by atoms with Crippen LogP contribution < -0.4 is 9.64 Å². The van der Waals surface area contributed by atoms with Gasteiger partial charge in [-0.1, -0.05) is 41.7 Å². The maximum absolute atomic E-state index is 12.5. The van der Waals surface area contributed by atoms with E-state index in [-0.39, 0.29) is 5.91 Å². The first-order valence-electron chi connectivity index (χ1n) is 8.74. The number of aromatic nitrogens is 1. The van der Waals surface area contributed by atoms with Crippen molar-refractivity contribution in [1.29, 1.82) is 0 Å². The summed E-state index contributed by atoms with van der Waals surface area (Å²) in [7, 11) is 1.68. The number of ether oxygens (including phenoxy) is 1. The van der Waals surface area contributed by atoms with Crippen molar-refractivity contribution in [2.24, 2.45) is 0 Å². The van der Waals surface area contributed by atoms with Crippen molar-refractivity contribution in [3.8, 4) is 5.75 Å². The van der Waals surface area contributed by atoms with Gasteiger partial charge in [0.05, 0.1) is 23.7 Å². The van der Waals surface area contributed by atoms with E-state index < -0.39 is 0 Å². The molecule has 1 aliphatic rings. The third kappa shape index (κ3) is 3.51. The zero-order valence-corrected chi connectivity index (χ0v) is 15.5. The average Bonchev–Trinajstić information content (AvgIpc) is 3.12. The molecule has 5 nitrogen and oxygen atoms in total. The Labute approximate surface area is 156 Å². The third-order valence-corrected chi connectivity index (χ3v) is 5.76. The molecule has 0 unspecified atom stereocenters. The lowest BCUT2D eigenvalue weighted by molar-refractivity contribution is -0.130. The van der Waals surface area contributed by atoms with Crippen molar-refractivity contribution in [3.63, 3.8) is 0 Å². The normalized spacial score (nSPS) is 14.7. The van der Waals surface area contributed by atoms with Gasteiger partial charge < -0.3 is 14.5 Å². The predicted octanol–water partition coefficient (Wildman–Crippen LogP) is 3.20. The number of hydrogen-bond donors (Lipinski definition) is 0. The highest BCUT2D eigenvalue weighted by molar-refractivity contribution is 7.22. The molecule has 4 rings (SSSR count). The first kappa shape index (κ1) is 16.8. The highest BCUT2D eigenvalue weighted by Crippen LogP contribution is 2.31. The minimum absolute atomic E-state index is 0.199. The maximum Gasteiger partial charge on any atom is 0.227 e. The molecule has 1 fully saturated rings. The molecule has 0 atom stereocenters. The average molecular weight is 367 g/mol. The van der Waals surface area contributed by atoms with Crippen LogP contribution in [0.1, 0.15) is 5.56 Å². The van der Waals surface area contributed by atoms with Crippen molar-refractivity contribution in [3.05, 3.63) is 54.1 Å². The Morgan fingerprint density at radius 3 is 2.62 bits per heavy atom. The number of rotatable bonds is 4. The molecule has 0 radical (unpaired) electrons. The zero-order valence-electron chi connectivity index (χ0n) is 14.7. The number of fused-ring (bicyclic) bond motifs is 1. The number of amides is 1. The van der Waals surface area contributed by atoms with E-state index in [0.717, 1.165) is 52.8 Å². The van der Waals surface area contributed by atoms with Crippen molar-refractivity contribution < 1.29 is 9.53 Å². The fourth-order valence-electron chi connectivity index (χ4n) is 3.18. The SMILES string of the molecule is COc1ccc2nc(N3CCN(C(=O)Cc4ccccc4)CC3)sc2c1. The molecule has 1 amide bonds. The van der Waals surface area contributed by atoms with Crippen LogP contribution in [0.4, 0.5) is 5.13 Å². The first-order valence-corrected chi connectivity index (χ1v) is 9.56. The van der Waals surface area contributed by atoms with E-state index in [0.29, 0.717) is 6.42 Å². The molecular weight excluding hydrogens is 346 g/mol. The smallest absolute Gasteiger partial charge is 0.227 e. The van der Waals surface area contributed by atoms with Gasteiger partial charge in [0, 0.05) is 26.2 Å². The summed E-state index contributed by atoms with van der Waals surface area (Å²) < 4.78 is 6.41. The van der Waals surface area contributed by atoms with E-state index in [9.17, 15) is 4.79 Å². The summed E-state index contributed by atoms with van der Waals surface area (Å²) in [6.45, 7) is 3.12. The third-order valence-electron chi connectivity index (χ3n) is 4.69. The molecule has 1 saturated heterocycles. The molecule has 6 heteroatoms. The Morgan fingerprint density at radius 2 is 1.88 bits per heavy atom. The number of carbonyl (C=O) groups is 1. The van der Waals surface area contributed by atoms with Crippen molar-refractivity contribution in [2.75, 3.05) is 38.2 Å². The van der Waals surface area contributed by atoms with E-state index in [4.69, 9.17) is 9.72 Å². The Balaban J connectivity index is 1.39. The molecule has 134 valence electrons. The number of anilines is 1. The second kappa shape index (κ2) is 7.33. The molecule has 2 heterocycles.